The maximum Gasteiger partial charge on any atom is 0.411 e. The van der Waals surface area contributed by atoms with Crippen LogP contribution in [0.2, 0.25) is 0 Å². The summed E-state index contributed by atoms with van der Waals surface area (Å²) >= 11 is 0. The van der Waals surface area contributed by atoms with Crippen LogP contribution in [0, 0.1) is 23.7 Å². The molecule has 21 heteroatoms. The van der Waals surface area contributed by atoms with Gasteiger partial charge >= 0.3 is 18.2 Å². The van der Waals surface area contributed by atoms with Crippen LogP contribution in [0.4, 0.5) is 15.3 Å². The highest BCUT2D eigenvalue weighted by Gasteiger charge is 2.44. The van der Waals surface area contributed by atoms with E-state index in [1.165, 1.54) is 26.2 Å². The molecule has 0 radical (unpaired) electrons. The molecule has 0 unspecified atom stereocenters. The van der Waals surface area contributed by atoms with Gasteiger partial charge in [0.25, 0.3) is 0 Å². The Hall–Kier alpha value is -5.90. The Bertz CT molecular complexity index is 2460. The second kappa shape index (κ2) is 31.2. The zero-order valence-corrected chi connectivity index (χ0v) is 49.3. The third kappa shape index (κ3) is 18.1. The van der Waals surface area contributed by atoms with Crippen LogP contribution < -0.4 is 16.0 Å². The number of hydrogen-bond acceptors (Lipinski definition) is 14. The average molecular weight is 1130 g/mol. The van der Waals surface area contributed by atoms with Gasteiger partial charge in [-0.3, -0.25) is 29.4 Å². The van der Waals surface area contributed by atoms with Gasteiger partial charge in [-0.05, 0) is 96.0 Å². The van der Waals surface area contributed by atoms with Gasteiger partial charge in [0.1, 0.15) is 35.9 Å². The molecule has 2 fully saturated rings. The van der Waals surface area contributed by atoms with E-state index in [0.717, 1.165) is 29.9 Å². The Morgan fingerprint density at radius 3 is 2.10 bits per heavy atom. The molecule has 1 aliphatic heterocycles. The number of methoxy groups -OCH3 is 2. The van der Waals surface area contributed by atoms with E-state index in [4.69, 9.17) is 18.9 Å². The van der Waals surface area contributed by atoms with Crippen LogP contribution in [0.1, 0.15) is 105 Å². The number of carboxylic acid groups (broad SMARTS) is 1. The normalized spacial score (nSPS) is 19.3. The molecular weight excluding hydrogens is 1050 g/mol. The maximum atomic E-state index is 14.7. The average Bonchev–Trinajstić information content (AvgIpc) is 4.17. The fourth-order valence-electron chi connectivity index (χ4n) is 10.5. The van der Waals surface area contributed by atoms with Gasteiger partial charge in [0, 0.05) is 53.2 Å². The number of likely N-dealkylation sites (N-methyl/N-ethyl adjacent to an activating group) is 2. The van der Waals surface area contributed by atoms with Gasteiger partial charge in [-0.25, -0.2) is 19.4 Å². The van der Waals surface area contributed by atoms with Gasteiger partial charge in [-0.1, -0.05) is 114 Å². The van der Waals surface area contributed by atoms with Crippen molar-refractivity contribution in [2.45, 2.75) is 165 Å². The molecule has 2 heterocycles. The van der Waals surface area contributed by atoms with Crippen LogP contribution in [0.25, 0.3) is 0 Å². The summed E-state index contributed by atoms with van der Waals surface area (Å²) < 4.78 is 23.5. The molecule has 6 amide bonds. The summed E-state index contributed by atoms with van der Waals surface area (Å²) in [5.74, 6) is -4.60. The van der Waals surface area contributed by atoms with Crippen molar-refractivity contribution in [1.29, 1.82) is 0 Å². The van der Waals surface area contributed by atoms with Crippen LogP contribution in [0.3, 0.4) is 0 Å². The van der Waals surface area contributed by atoms with E-state index in [0.29, 0.717) is 37.1 Å². The number of carbonyl (C=O) groups excluding carboxylic acids is 6. The molecule has 2 aromatic carbocycles. The topological polar surface area (TPSA) is 235 Å². The summed E-state index contributed by atoms with van der Waals surface area (Å²) in [7, 11) is 9.33. The third-order valence-electron chi connectivity index (χ3n) is 15.1. The highest BCUT2D eigenvalue weighted by molar-refractivity contribution is 8.76. The van der Waals surface area contributed by atoms with Crippen molar-refractivity contribution in [2.24, 2.45) is 23.7 Å². The van der Waals surface area contributed by atoms with Crippen LogP contribution in [0.5, 0.6) is 0 Å². The van der Waals surface area contributed by atoms with Crippen molar-refractivity contribution >= 4 is 69.1 Å². The molecule has 19 nitrogen and oxygen atoms in total. The summed E-state index contributed by atoms with van der Waals surface area (Å²) in [6.45, 7) is 13.2. The lowest BCUT2D eigenvalue weighted by Gasteiger charge is -2.41. The third-order valence-corrected chi connectivity index (χ3v) is 17.9. The lowest BCUT2D eigenvalue weighted by Crippen LogP contribution is -2.60. The van der Waals surface area contributed by atoms with Gasteiger partial charge in [0.2, 0.25) is 23.6 Å². The van der Waals surface area contributed by atoms with E-state index in [-0.39, 0.29) is 54.5 Å². The first-order chi connectivity index (χ1) is 37.7. The van der Waals surface area contributed by atoms with E-state index in [1.807, 2.05) is 52.0 Å². The Labute approximate surface area is 474 Å². The van der Waals surface area contributed by atoms with E-state index >= 15 is 0 Å². The quantitative estimate of drug-likeness (QED) is 0.0499. The first kappa shape index (κ1) is 63.9. The number of benzene rings is 2. The number of hydrogen-bond donors (Lipinski definition) is 4. The van der Waals surface area contributed by atoms with Crippen molar-refractivity contribution in [3.8, 4) is 0 Å². The second-order valence-corrected chi connectivity index (χ2v) is 23.8. The summed E-state index contributed by atoms with van der Waals surface area (Å²) in [4.78, 5) is 105. The smallest absolute Gasteiger partial charge is 0.411 e. The first-order valence-corrected chi connectivity index (χ1v) is 29.6. The number of aliphatic carboxylic acids is 1. The van der Waals surface area contributed by atoms with Gasteiger partial charge in [0.15, 0.2) is 0 Å². The zero-order chi connectivity index (χ0) is 57.9. The molecule has 0 bridgehead atoms. The molecule has 5 rings (SSSR count). The minimum Gasteiger partial charge on any atom is -0.480 e. The van der Waals surface area contributed by atoms with Crippen LogP contribution in [-0.2, 0) is 55.9 Å². The summed E-state index contributed by atoms with van der Waals surface area (Å²) in [6, 6.07) is 17.3. The van der Waals surface area contributed by atoms with Crippen molar-refractivity contribution in [2.75, 3.05) is 40.2 Å². The number of ether oxygens (including phenoxy) is 4. The van der Waals surface area contributed by atoms with E-state index in [9.17, 15) is 38.7 Å². The minimum atomic E-state index is -1.17. The Morgan fingerprint density at radius 2 is 1.49 bits per heavy atom. The Morgan fingerprint density at radius 1 is 0.797 bits per heavy atom. The highest BCUT2D eigenvalue weighted by atomic mass is 33.1. The molecule has 1 aromatic heterocycles. The standard InChI is InChI=1S/C58H83N7O12S2/c1-12-37(6)51(45(74-10)33-48(66)65-31-19-22-43(65)52(75-11)38(7)53(67)61-42(56(70)71)32-39-20-14-13-15-21-39)63(8)55(69)49(35(2)3)62-54(68)50(36(4)5)64(9)58(73)76-34-40-26-28-41(29-27-40)60-57(72)77-44-23-18-24-46(44)78-79-47-25-16-17-30-59-47/h13-17,20-21,25-30,35-38,42-46,49-52H,12,18-19,22-24,31-34H2,1-11H3,(H,60,72)(H,61,67)(H,62,68)(H,70,71)/t37-,38+,42-,43-,44+,45+,46+,49-,50-,51-,52+/m0/s1. The van der Waals surface area contributed by atoms with E-state index in [2.05, 4.69) is 20.9 Å². The molecule has 434 valence electrons. The fraction of sp³-hybridized carbons (Fsp3) is 0.586. The Kier molecular flexibility index (Phi) is 25.2. The van der Waals surface area contributed by atoms with Crippen LogP contribution in [-0.4, -0.2) is 155 Å². The number of aromatic nitrogens is 1. The monoisotopic (exact) mass is 1130 g/mol. The molecule has 11 atom stereocenters. The number of carbonyl (C=O) groups is 7. The number of anilines is 1. The molecule has 0 spiro atoms. The summed E-state index contributed by atoms with van der Waals surface area (Å²) in [5, 5.41) is 19.4. The molecule has 1 aliphatic carbocycles. The minimum absolute atomic E-state index is 0.0971. The fourth-order valence-corrected chi connectivity index (χ4v) is 13.2. The molecule has 3 aromatic rings. The first-order valence-electron chi connectivity index (χ1n) is 27.4. The number of amides is 6. The van der Waals surface area contributed by atoms with Crippen LogP contribution in [0.15, 0.2) is 84.0 Å². The maximum absolute atomic E-state index is 14.7. The number of nitrogens with zero attached hydrogens (tertiary/aromatic N) is 4. The number of likely N-dealkylation sites (tertiary alicyclic amines) is 1. The predicted molar refractivity (Wildman–Crippen MR) is 305 cm³/mol. The largest absolute Gasteiger partial charge is 0.480 e. The molecule has 79 heavy (non-hydrogen) atoms. The number of carboxylic acids is 1. The summed E-state index contributed by atoms with van der Waals surface area (Å²) in [5.41, 5.74) is 1.92. The van der Waals surface area contributed by atoms with Crippen molar-refractivity contribution in [1.82, 2.24) is 30.3 Å². The van der Waals surface area contributed by atoms with Gasteiger partial charge in [0.05, 0.1) is 41.9 Å². The number of nitrogens with one attached hydrogen (secondary N) is 3. The molecule has 1 saturated carbocycles. The van der Waals surface area contributed by atoms with Gasteiger partial charge < -0.3 is 44.5 Å². The SMILES string of the molecule is CC[C@H](C)[C@@H]([C@@H](CC(=O)N1CCC[C@H]1[C@H](OC)[C@@H](C)C(=O)N[C@@H](Cc1ccccc1)C(=O)O)OC)N(C)C(=O)[C@@H](NC(=O)[C@H](C(C)C)N(C)C(=O)OCc1ccc(NC(=O)O[C@@H]2CCC[C@H]2SSc2ccccn2)cc1)C(C)C. The lowest BCUT2D eigenvalue weighted by molar-refractivity contribution is -0.148. The van der Waals surface area contributed by atoms with Crippen LogP contribution >= 0.6 is 21.6 Å². The van der Waals surface area contributed by atoms with E-state index in [1.54, 1.807) is 114 Å². The Balaban J connectivity index is 1.17. The second-order valence-electron chi connectivity index (χ2n) is 21.3. The van der Waals surface area contributed by atoms with Gasteiger partial charge in [-0.15, -0.1) is 0 Å². The zero-order valence-electron chi connectivity index (χ0n) is 47.6. The molecule has 2 aliphatic rings. The van der Waals surface area contributed by atoms with Crippen molar-refractivity contribution in [3.63, 3.8) is 0 Å². The van der Waals surface area contributed by atoms with E-state index < -0.39 is 84.2 Å². The number of pyridine rings is 1. The van der Waals surface area contributed by atoms with Gasteiger partial charge in [-0.2, -0.15) is 0 Å². The highest BCUT2D eigenvalue weighted by Crippen LogP contribution is 2.42. The molecule has 1 saturated heterocycles. The predicted octanol–water partition coefficient (Wildman–Crippen LogP) is 8.46. The molecule has 4 N–H and O–H groups in total. The lowest BCUT2D eigenvalue weighted by atomic mass is 9.89. The van der Waals surface area contributed by atoms with Crippen molar-refractivity contribution in [3.05, 3.63) is 90.1 Å². The molecular formula is C58H83N7O12S2. The number of rotatable bonds is 28. The van der Waals surface area contributed by atoms with Crippen molar-refractivity contribution < 1.29 is 57.6 Å². The summed E-state index contributed by atoms with van der Waals surface area (Å²) in [6.07, 6.45) is 3.23.